The van der Waals surface area contributed by atoms with Gasteiger partial charge >= 0.3 is 0 Å². The molecule has 2 aromatic carbocycles. The van der Waals surface area contributed by atoms with Gasteiger partial charge in [0.25, 0.3) is 0 Å². The molecular weight excluding hydrogens is 432 g/mol. The quantitative estimate of drug-likeness (QED) is 0.292. The van der Waals surface area contributed by atoms with Crippen molar-refractivity contribution in [3.63, 3.8) is 0 Å². The highest BCUT2D eigenvalue weighted by molar-refractivity contribution is 7.89. The Balaban J connectivity index is 1.49. The predicted molar refractivity (Wildman–Crippen MR) is 134 cm³/mol. The Morgan fingerprint density at radius 2 is 1.76 bits per heavy atom. The van der Waals surface area contributed by atoms with E-state index in [9.17, 15) is 8.42 Å². The molecule has 1 N–H and O–H groups in total. The van der Waals surface area contributed by atoms with Crippen molar-refractivity contribution < 1.29 is 8.42 Å². The van der Waals surface area contributed by atoms with Gasteiger partial charge in [0.05, 0.1) is 28.0 Å². The molecule has 0 fully saturated rings. The SMILES string of the molecule is CCCCC(C)c1nc2ccccc2c2c1ncn2CCCCNS(=O)(=O)c1ccccc1. The highest BCUT2D eigenvalue weighted by atomic mass is 32.2. The first-order valence-electron chi connectivity index (χ1n) is 11.8. The average molecular weight is 465 g/mol. The summed E-state index contributed by atoms with van der Waals surface area (Å²) in [5.74, 6) is 0.354. The van der Waals surface area contributed by atoms with Gasteiger partial charge in [0.15, 0.2) is 0 Å². The monoisotopic (exact) mass is 464 g/mol. The number of imidazole rings is 1. The third kappa shape index (κ3) is 5.25. The summed E-state index contributed by atoms with van der Waals surface area (Å²) < 4.78 is 29.7. The van der Waals surface area contributed by atoms with Crippen LogP contribution in [0.4, 0.5) is 0 Å². The van der Waals surface area contributed by atoms with Crippen LogP contribution in [0.2, 0.25) is 0 Å². The molecule has 2 aromatic heterocycles. The van der Waals surface area contributed by atoms with Gasteiger partial charge < -0.3 is 4.57 Å². The van der Waals surface area contributed by atoms with Crippen LogP contribution in [0.15, 0.2) is 65.8 Å². The number of unbranched alkanes of at least 4 members (excludes halogenated alkanes) is 2. The zero-order chi connectivity index (χ0) is 23.3. The third-order valence-electron chi connectivity index (χ3n) is 6.11. The van der Waals surface area contributed by atoms with Gasteiger partial charge in [-0.15, -0.1) is 0 Å². The smallest absolute Gasteiger partial charge is 0.240 e. The molecule has 0 aliphatic heterocycles. The molecule has 7 heteroatoms. The molecule has 0 aliphatic rings. The van der Waals surface area contributed by atoms with E-state index in [0.29, 0.717) is 17.4 Å². The van der Waals surface area contributed by atoms with E-state index >= 15 is 0 Å². The molecular formula is C26H32N4O2S. The maximum absolute atomic E-state index is 12.4. The van der Waals surface area contributed by atoms with Crippen LogP contribution in [0.25, 0.3) is 21.9 Å². The number of pyridine rings is 1. The summed E-state index contributed by atoms with van der Waals surface area (Å²) in [6, 6.07) is 16.7. The molecule has 6 nitrogen and oxygen atoms in total. The molecule has 0 spiro atoms. The lowest BCUT2D eigenvalue weighted by atomic mass is 9.98. The van der Waals surface area contributed by atoms with Crippen molar-refractivity contribution >= 4 is 32.0 Å². The highest BCUT2D eigenvalue weighted by Crippen LogP contribution is 2.31. The molecule has 0 radical (unpaired) electrons. The Hall–Kier alpha value is -2.77. The normalized spacial score (nSPS) is 13.0. The van der Waals surface area contributed by atoms with E-state index in [2.05, 4.69) is 35.3 Å². The van der Waals surface area contributed by atoms with Crippen LogP contribution in [0.1, 0.15) is 57.6 Å². The molecule has 0 amide bonds. The number of hydrogen-bond acceptors (Lipinski definition) is 4. The lowest BCUT2D eigenvalue weighted by molar-refractivity contribution is 0.568. The number of fused-ring (bicyclic) bond motifs is 3. The van der Waals surface area contributed by atoms with E-state index in [0.717, 1.165) is 53.4 Å². The molecule has 0 bridgehead atoms. The lowest BCUT2D eigenvalue weighted by Crippen LogP contribution is -2.24. The minimum atomic E-state index is -3.46. The number of nitrogens with zero attached hydrogens (tertiary/aromatic N) is 3. The van der Waals surface area contributed by atoms with Gasteiger partial charge in [-0.2, -0.15) is 0 Å². The fourth-order valence-electron chi connectivity index (χ4n) is 4.26. The van der Waals surface area contributed by atoms with Crippen molar-refractivity contribution in [2.45, 2.75) is 63.3 Å². The van der Waals surface area contributed by atoms with E-state index in [-0.39, 0.29) is 0 Å². The van der Waals surface area contributed by atoms with Gasteiger partial charge in [-0.3, -0.25) is 4.98 Å². The molecule has 0 saturated heterocycles. The molecule has 2 heterocycles. The van der Waals surface area contributed by atoms with Gasteiger partial charge in [-0.1, -0.05) is 63.1 Å². The average Bonchev–Trinajstić information content (AvgIpc) is 3.26. The molecule has 0 aliphatic carbocycles. The summed E-state index contributed by atoms with van der Waals surface area (Å²) in [5.41, 5.74) is 4.19. The van der Waals surface area contributed by atoms with Crippen LogP contribution in [0.5, 0.6) is 0 Å². The van der Waals surface area contributed by atoms with Crippen molar-refractivity contribution in [1.29, 1.82) is 0 Å². The summed E-state index contributed by atoms with van der Waals surface area (Å²) in [4.78, 5) is 10.0. The zero-order valence-electron chi connectivity index (χ0n) is 19.4. The maximum Gasteiger partial charge on any atom is 0.240 e. The first-order chi connectivity index (χ1) is 16.0. The first-order valence-corrected chi connectivity index (χ1v) is 13.3. The Labute approximate surface area is 196 Å². The highest BCUT2D eigenvalue weighted by Gasteiger charge is 2.18. The lowest BCUT2D eigenvalue weighted by Gasteiger charge is -2.14. The summed E-state index contributed by atoms with van der Waals surface area (Å²) in [6.07, 6.45) is 6.95. The van der Waals surface area contributed by atoms with Gasteiger partial charge in [0.2, 0.25) is 10.0 Å². The number of benzene rings is 2. The fraction of sp³-hybridized carbons (Fsp3) is 0.385. The number of aryl methyl sites for hydroxylation is 1. The second-order valence-corrected chi connectivity index (χ2v) is 10.4. The van der Waals surface area contributed by atoms with E-state index in [1.807, 2.05) is 24.5 Å². The fourth-order valence-corrected chi connectivity index (χ4v) is 5.36. The number of nitrogens with one attached hydrogen (secondary N) is 1. The Morgan fingerprint density at radius 1 is 1.00 bits per heavy atom. The van der Waals surface area contributed by atoms with Crippen molar-refractivity contribution in [3.8, 4) is 0 Å². The number of aromatic nitrogens is 3. The summed E-state index contributed by atoms with van der Waals surface area (Å²) in [7, 11) is -3.46. The molecule has 1 unspecified atom stereocenters. The number of rotatable bonds is 11. The minimum Gasteiger partial charge on any atom is -0.330 e. The second-order valence-electron chi connectivity index (χ2n) is 8.61. The van der Waals surface area contributed by atoms with Crippen molar-refractivity contribution in [2.75, 3.05) is 6.54 Å². The largest absolute Gasteiger partial charge is 0.330 e. The topological polar surface area (TPSA) is 76.9 Å². The zero-order valence-corrected chi connectivity index (χ0v) is 20.2. The number of para-hydroxylation sites is 1. The van der Waals surface area contributed by atoms with E-state index in [1.165, 1.54) is 12.8 Å². The molecule has 0 saturated carbocycles. The predicted octanol–water partition coefficient (Wildman–Crippen LogP) is 5.64. The van der Waals surface area contributed by atoms with E-state index in [4.69, 9.17) is 9.97 Å². The first kappa shape index (κ1) is 23.4. The second kappa shape index (κ2) is 10.4. The molecule has 174 valence electrons. The Kier molecular flexibility index (Phi) is 7.40. The summed E-state index contributed by atoms with van der Waals surface area (Å²) >= 11 is 0. The summed E-state index contributed by atoms with van der Waals surface area (Å²) in [5, 5.41) is 1.11. The van der Waals surface area contributed by atoms with Crippen molar-refractivity contribution in [3.05, 3.63) is 66.6 Å². The van der Waals surface area contributed by atoms with E-state index in [1.54, 1.807) is 24.3 Å². The van der Waals surface area contributed by atoms with Gasteiger partial charge in [0, 0.05) is 24.4 Å². The van der Waals surface area contributed by atoms with E-state index < -0.39 is 10.0 Å². The maximum atomic E-state index is 12.4. The summed E-state index contributed by atoms with van der Waals surface area (Å²) in [6.45, 7) is 5.64. The van der Waals surface area contributed by atoms with Crippen LogP contribution >= 0.6 is 0 Å². The van der Waals surface area contributed by atoms with Gasteiger partial charge in [-0.25, -0.2) is 18.1 Å². The minimum absolute atomic E-state index is 0.300. The number of hydrogen-bond donors (Lipinski definition) is 1. The molecule has 1 atom stereocenters. The van der Waals surface area contributed by atoms with Gasteiger partial charge in [-0.05, 0) is 37.5 Å². The Morgan fingerprint density at radius 3 is 2.55 bits per heavy atom. The Bertz CT molecular complexity index is 1320. The third-order valence-corrected chi connectivity index (χ3v) is 7.59. The van der Waals surface area contributed by atoms with Crippen molar-refractivity contribution in [2.24, 2.45) is 0 Å². The van der Waals surface area contributed by atoms with Crippen molar-refractivity contribution in [1.82, 2.24) is 19.3 Å². The van der Waals surface area contributed by atoms with Crippen LogP contribution in [0, 0.1) is 0 Å². The van der Waals surface area contributed by atoms with Gasteiger partial charge in [0.1, 0.15) is 5.52 Å². The van der Waals surface area contributed by atoms with Crippen LogP contribution < -0.4 is 4.72 Å². The van der Waals surface area contributed by atoms with Crippen LogP contribution in [0.3, 0.4) is 0 Å². The van der Waals surface area contributed by atoms with Crippen LogP contribution in [-0.2, 0) is 16.6 Å². The molecule has 4 aromatic rings. The standard InChI is InChI=1S/C26H32N4O2S/c1-3-4-12-20(2)24-25-26(22-15-8-9-16-23(22)29-24)30(19-27-25)18-11-10-17-28-33(31,32)21-13-6-5-7-14-21/h5-9,13-16,19-20,28H,3-4,10-12,17-18H2,1-2H3. The van der Waals surface area contributed by atoms with Crippen LogP contribution in [-0.4, -0.2) is 29.5 Å². The molecule has 33 heavy (non-hydrogen) atoms. The number of sulfonamides is 1. The molecule has 4 rings (SSSR count).